The maximum atomic E-state index is 3.63. The van der Waals surface area contributed by atoms with E-state index in [2.05, 4.69) is 24.1 Å². The smallest absolute Gasteiger partial charge is 0.0156 e. The summed E-state index contributed by atoms with van der Waals surface area (Å²) in [5, 5.41) is 3.63. The minimum absolute atomic E-state index is 0.677. The molecule has 3 heterocycles. The number of hydrogen-bond donors (Lipinski definition) is 1. The summed E-state index contributed by atoms with van der Waals surface area (Å²) >= 11 is 0. The zero-order valence-corrected chi connectivity index (χ0v) is 10.8. The molecule has 3 atom stereocenters. The predicted molar refractivity (Wildman–Crippen MR) is 67.5 cm³/mol. The van der Waals surface area contributed by atoms with E-state index in [0.717, 1.165) is 17.9 Å². The number of piperidine rings is 1. The first kappa shape index (κ1) is 11.0. The summed E-state index contributed by atoms with van der Waals surface area (Å²) in [6.45, 7) is 10.1. The van der Waals surface area contributed by atoms with Crippen LogP contribution in [0.3, 0.4) is 0 Å². The number of nitrogens with one attached hydrogen (secondary N) is 1. The van der Waals surface area contributed by atoms with Crippen LogP contribution in [0.5, 0.6) is 0 Å². The maximum absolute atomic E-state index is 3.63. The highest BCUT2D eigenvalue weighted by atomic mass is 15.2. The van der Waals surface area contributed by atoms with Crippen LogP contribution in [0, 0.1) is 17.3 Å². The fourth-order valence-electron chi connectivity index (χ4n) is 4.85. The molecule has 1 N–H and O–H groups in total. The summed E-state index contributed by atoms with van der Waals surface area (Å²) in [4.78, 5) is 2.79. The van der Waals surface area contributed by atoms with Crippen LogP contribution in [0.15, 0.2) is 0 Å². The molecule has 2 nitrogen and oxygen atoms in total. The van der Waals surface area contributed by atoms with Crippen LogP contribution in [0.1, 0.15) is 39.5 Å². The zero-order valence-electron chi connectivity index (χ0n) is 10.8. The van der Waals surface area contributed by atoms with Crippen molar-refractivity contribution in [1.82, 2.24) is 10.2 Å². The van der Waals surface area contributed by atoms with Crippen molar-refractivity contribution in [3.63, 3.8) is 0 Å². The van der Waals surface area contributed by atoms with E-state index >= 15 is 0 Å². The van der Waals surface area contributed by atoms with E-state index in [1.54, 1.807) is 0 Å². The van der Waals surface area contributed by atoms with Crippen LogP contribution in [0.4, 0.5) is 0 Å². The van der Waals surface area contributed by atoms with Gasteiger partial charge in [0.15, 0.2) is 0 Å². The summed E-state index contributed by atoms with van der Waals surface area (Å²) < 4.78 is 0. The molecule has 0 saturated carbocycles. The first-order valence-electron chi connectivity index (χ1n) is 7.19. The molecule has 92 valence electrons. The minimum Gasteiger partial charge on any atom is -0.316 e. The highest BCUT2D eigenvalue weighted by Gasteiger charge is 2.54. The second kappa shape index (κ2) is 3.99. The fraction of sp³-hybridized carbons (Fsp3) is 1.00. The van der Waals surface area contributed by atoms with E-state index in [1.165, 1.54) is 51.9 Å². The Balaban J connectivity index is 1.88. The number of fused-ring (bicyclic) bond motifs is 2. The lowest BCUT2D eigenvalue weighted by Gasteiger charge is -2.47. The van der Waals surface area contributed by atoms with Crippen molar-refractivity contribution in [2.45, 2.75) is 45.6 Å². The average Bonchev–Trinajstić information content (AvgIpc) is 2.84. The molecular weight excluding hydrogens is 196 g/mol. The molecule has 3 saturated heterocycles. The van der Waals surface area contributed by atoms with Gasteiger partial charge in [-0.3, -0.25) is 4.90 Å². The van der Waals surface area contributed by atoms with Crippen LogP contribution in [-0.4, -0.2) is 37.1 Å². The molecule has 0 aromatic rings. The van der Waals surface area contributed by atoms with Crippen molar-refractivity contribution in [3.8, 4) is 0 Å². The van der Waals surface area contributed by atoms with Gasteiger partial charge in [0, 0.05) is 6.04 Å². The zero-order chi connectivity index (χ0) is 11.2. The molecule has 16 heavy (non-hydrogen) atoms. The van der Waals surface area contributed by atoms with Crippen molar-refractivity contribution < 1.29 is 0 Å². The quantitative estimate of drug-likeness (QED) is 0.731. The van der Waals surface area contributed by atoms with Crippen LogP contribution in [0.25, 0.3) is 0 Å². The monoisotopic (exact) mass is 222 g/mol. The summed E-state index contributed by atoms with van der Waals surface area (Å²) in [6, 6.07) is 0.932. The molecule has 0 aromatic carbocycles. The molecular formula is C14H26N2. The van der Waals surface area contributed by atoms with Gasteiger partial charge in [-0.2, -0.15) is 0 Å². The molecule has 3 aliphatic heterocycles. The summed E-state index contributed by atoms with van der Waals surface area (Å²) in [5.74, 6) is 1.75. The molecule has 3 aliphatic rings. The molecule has 0 radical (unpaired) electrons. The predicted octanol–water partition coefficient (Wildman–Crippen LogP) is 2.11. The highest BCUT2D eigenvalue weighted by molar-refractivity contribution is 5.07. The molecule has 3 rings (SSSR count). The average molecular weight is 222 g/mol. The van der Waals surface area contributed by atoms with Gasteiger partial charge in [0.2, 0.25) is 0 Å². The Kier molecular flexibility index (Phi) is 2.75. The number of rotatable bonds is 1. The van der Waals surface area contributed by atoms with Gasteiger partial charge in [0.1, 0.15) is 0 Å². The van der Waals surface area contributed by atoms with Crippen molar-refractivity contribution in [2.75, 3.05) is 26.2 Å². The Morgan fingerprint density at radius 2 is 2.12 bits per heavy atom. The summed E-state index contributed by atoms with van der Waals surface area (Å²) in [6.07, 6.45) is 5.83. The largest absolute Gasteiger partial charge is 0.316 e. The van der Waals surface area contributed by atoms with Gasteiger partial charge in [-0.15, -0.1) is 0 Å². The normalized spacial score (nSPS) is 44.4. The van der Waals surface area contributed by atoms with Crippen LogP contribution in [0.2, 0.25) is 0 Å². The Morgan fingerprint density at radius 1 is 1.25 bits per heavy atom. The summed E-state index contributed by atoms with van der Waals surface area (Å²) in [7, 11) is 0. The summed E-state index contributed by atoms with van der Waals surface area (Å²) in [5.41, 5.74) is 0.677. The third-order valence-corrected chi connectivity index (χ3v) is 5.57. The first-order valence-corrected chi connectivity index (χ1v) is 7.19. The van der Waals surface area contributed by atoms with E-state index in [9.17, 15) is 0 Å². The van der Waals surface area contributed by atoms with Crippen LogP contribution in [-0.2, 0) is 0 Å². The van der Waals surface area contributed by atoms with Crippen LogP contribution < -0.4 is 5.32 Å². The molecule has 0 aliphatic carbocycles. The first-order chi connectivity index (χ1) is 7.74. The maximum Gasteiger partial charge on any atom is 0.0156 e. The number of nitrogens with zero attached hydrogens (tertiary/aromatic N) is 1. The van der Waals surface area contributed by atoms with Gasteiger partial charge in [0.25, 0.3) is 0 Å². The lowest BCUT2D eigenvalue weighted by molar-refractivity contribution is 0.0406. The Hall–Kier alpha value is -0.0800. The Labute approximate surface area is 99.8 Å². The van der Waals surface area contributed by atoms with Gasteiger partial charge in [-0.25, -0.2) is 0 Å². The number of hydrogen-bond acceptors (Lipinski definition) is 2. The minimum atomic E-state index is 0.677. The van der Waals surface area contributed by atoms with Gasteiger partial charge in [0.05, 0.1) is 0 Å². The fourth-order valence-corrected chi connectivity index (χ4v) is 4.85. The lowest BCUT2D eigenvalue weighted by Crippen LogP contribution is -2.52. The molecule has 0 bridgehead atoms. The van der Waals surface area contributed by atoms with Crippen molar-refractivity contribution >= 4 is 0 Å². The van der Waals surface area contributed by atoms with E-state index in [1.807, 2.05) is 0 Å². The lowest BCUT2D eigenvalue weighted by atomic mass is 9.62. The standard InChI is InChI=1S/C14H26N2/c1-11(2)12-10-15-7-5-14(12)6-9-16-8-3-4-13(14)16/h11-13,15H,3-10H2,1-2H3. The Morgan fingerprint density at radius 3 is 2.94 bits per heavy atom. The second-order valence-corrected chi connectivity index (χ2v) is 6.48. The molecule has 0 amide bonds. The third kappa shape index (κ3) is 1.46. The molecule has 3 unspecified atom stereocenters. The highest BCUT2D eigenvalue weighted by Crippen LogP contribution is 2.52. The van der Waals surface area contributed by atoms with Crippen LogP contribution >= 0.6 is 0 Å². The molecule has 1 spiro atoms. The van der Waals surface area contributed by atoms with Gasteiger partial charge in [-0.1, -0.05) is 13.8 Å². The van der Waals surface area contributed by atoms with Crippen molar-refractivity contribution in [2.24, 2.45) is 17.3 Å². The van der Waals surface area contributed by atoms with Gasteiger partial charge >= 0.3 is 0 Å². The van der Waals surface area contributed by atoms with E-state index < -0.39 is 0 Å². The van der Waals surface area contributed by atoms with E-state index in [0.29, 0.717) is 5.41 Å². The van der Waals surface area contributed by atoms with Crippen molar-refractivity contribution in [1.29, 1.82) is 0 Å². The molecule has 3 fully saturated rings. The molecule has 0 aromatic heterocycles. The third-order valence-electron chi connectivity index (χ3n) is 5.57. The van der Waals surface area contributed by atoms with E-state index in [-0.39, 0.29) is 0 Å². The topological polar surface area (TPSA) is 15.3 Å². The molecule has 2 heteroatoms. The van der Waals surface area contributed by atoms with E-state index in [4.69, 9.17) is 0 Å². The van der Waals surface area contributed by atoms with Gasteiger partial charge in [-0.05, 0) is 69.1 Å². The second-order valence-electron chi connectivity index (χ2n) is 6.48. The van der Waals surface area contributed by atoms with Gasteiger partial charge < -0.3 is 5.32 Å². The van der Waals surface area contributed by atoms with Crippen molar-refractivity contribution in [3.05, 3.63) is 0 Å². The Bertz CT molecular complexity index is 259. The SMILES string of the molecule is CC(C)C1CNCCC12CCN1CCCC12.